The number of hydrogen-bond acceptors (Lipinski definition) is 4. The van der Waals surface area contributed by atoms with Crippen molar-refractivity contribution in [2.75, 3.05) is 17.4 Å². The highest BCUT2D eigenvalue weighted by Crippen LogP contribution is 2.32. The Labute approximate surface area is 155 Å². The molecule has 0 bridgehead atoms. The minimum Gasteiger partial charge on any atom is -0.343 e. The Bertz CT molecular complexity index is 895. The van der Waals surface area contributed by atoms with E-state index in [0.29, 0.717) is 12.4 Å². The number of carbonyl (C=O) groups is 1. The van der Waals surface area contributed by atoms with E-state index in [-0.39, 0.29) is 5.91 Å². The number of aliphatic imine (C=N–C) groups is 1. The maximum atomic E-state index is 12.7. The van der Waals surface area contributed by atoms with Gasteiger partial charge in [-0.3, -0.25) is 9.69 Å². The van der Waals surface area contributed by atoms with Crippen LogP contribution < -0.4 is 4.90 Å². The molecule has 0 aromatic heterocycles. The van der Waals surface area contributed by atoms with Gasteiger partial charge in [0.1, 0.15) is 12.4 Å². The van der Waals surface area contributed by atoms with Gasteiger partial charge in [0.2, 0.25) is 0 Å². The van der Waals surface area contributed by atoms with E-state index < -0.39 is 0 Å². The van der Waals surface area contributed by atoms with E-state index in [1.807, 2.05) is 61.5 Å². The van der Waals surface area contributed by atoms with Crippen LogP contribution in [0.5, 0.6) is 0 Å². The fourth-order valence-electron chi connectivity index (χ4n) is 2.75. The van der Waals surface area contributed by atoms with Crippen molar-refractivity contribution in [3.8, 4) is 0 Å². The lowest BCUT2D eigenvalue weighted by Gasteiger charge is -2.34. The summed E-state index contributed by atoms with van der Waals surface area (Å²) in [6.07, 6.45) is 1.83. The molecule has 0 atom stereocenters. The highest BCUT2D eigenvalue weighted by molar-refractivity contribution is 8.14. The molecule has 0 unspecified atom stereocenters. The molecular formula is C19H16ClN3OS. The number of amides is 1. The molecule has 6 heteroatoms. The largest absolute Gasteiger partial charge is 0.343 e. The molecule has 1 amide bonds. The van der Waals surface area contributed by atoms with E-state index in [1.54, 1.807) is 16.7 Å². The lowest BCUT2D eigenvalue weighted by atomic mass is 10.2. The number of nitrogens with zero attached hydrogens (tertiary/aromatic N) is 3. The Morgan fingerprint density at radius 1 is 1.20 bits per heavy atom. The predicted molar refractivity (Wildman–Crippen MR) is 105 cm³/mol. The normalized spacial score (nSPS) is 18.6. The molecule has 0 saturated carbocycles. The number of rotatable bonds is 2. The molecule has 0 aliphatic carbocycles. The van der Waals surface area contributed by atoms with Crippen molar-refractivity contribution in [2.24, 2.45) is 4.99 Å². The summed E-state index contributed by atoms with van der Waals surface area (Å²) >= 11 is 7.80. The van der Waals surface area contributed by atoms with E-state index in [0.717, 1.165) is 32.9 Å². The molecule has 2 heterocycles. The van der Waals surface area contributed by atoms with Gasteiger partial charge in [-0.05, 0) is 36.3 Å². The average Bonchev–Trinajstić information content (AvgIpc) is 2.94. The molecule has 1 fully saturated rings. The van der Waals surface area contributed by atoms with Crippen LogP contribution in [0.2, 0.25) is 5.02 Å². The van der Waals surface area contributed by atoms with Crippen LogP contribution in [-0.4, -0.2) is 28.5 Å². The SMILES string of the molecule is Cc1ccc(N2CSC3=N/C(=C\c4ccccc4)C(=O)N3C2)cc1Cl. The summed E-state index contributed by atoms with van der Waals surface area (Å²) in [5, 5.41) is 1.50. The van der Waals surface area contributed by atoms with Gasteiger partial charge in [-0.25, -0.2) is 4.99 Å². The van der Waals surface area contributed by atoms with Crippen molar-refractivity contribution in [3.05, 3.63) is 70.4 Å². The van der Waals surface area contributed by atoms with Crippen LogP contribution in [0.1, 0.15) is 11.1 Å². The van der Waals surface area contributed by atoms with Gasteiger partial charge in [0, 0.05) is 10.7 Å². The third kappa shape index (κ3) is 3.17. The minimum absolute atomic E-state index is 0.0609. The number of hydrogen-bond donors (Lipinski definition) is 0. The van der Waals surface area contributed by atoms with Crippen molar-refractivity contribution >= 4 is 46.2 Å². The highest BCUT2D eigenvalue weighted by atomic mass is 35.5. The van der Waals surface area contributed by atoms with Crippen LogP contribution in [0.3, 0.4) is 0 Å². The number of benzene rings is 2. The first-order chi connectivity index (χ1) is 12.1. The van der Waals surface area contributed by atoms with E-state index >= 15 is 0 Å². The third-order valence-electron chi connectivity index (χ3n) is 4.20. The summed E-state index contributed by atoms with van der Waals surface area (Å²) in [4.78, 5) is 21.1. The second-order valence-electron chi connectivity index (χ2n) is 5.96. The predicted octanol–water partition coefficient (Wildman–Crippen LogP) is 4.36. The van der Waals surface area contributed by atoms with E-state index in [1.165, 1.54) is 0 Å². The number of anilines is 1. The number of thioether (sulfide) groups is 1. The summed E-state index contributed by atoms with van der Waals surface area (Å²) in [5.41, 5.74) is 3.51. The van der Waals surface area contributed by atoms with Crippen molar-refractivity contribution in [1.29, 1.82) is 0 Å². The molecule has 126 valence electrons. The standard InChI is InChI=1S/C19H16ClN3OS/c1-13-7-8-15(10-16(13)20)22-11-23-18(24)17(21-19(23)25-12-22)9-14-5-3-2-4-6-14/h2-10H,11-12H2,1H3/b17-9-. The summed E-state index contributed by atoms with van der Waals surface area (Å²) in [7, 11) is 0. The van der Waals surface area contributed by atoms with Crippen LogP contribution in [0.25, 0.3) is 6.08 Å². The van der Waals surface area contributed by atoms with Crippen molar-refractivity contribution in [1.82, 2.24) is 4.90 Å². The molecule has 2 aromatic carbocycles. The molecule has 0 radical (unpaired) electrons. The zero-order valence-electron chi connectivity index (χ0n) is 13.6. The number of fused-ring (bicyclic) bond motifs is 1. The zero-order valence-corrected chi connectivity index (χ0v) is 15.2. The molecule has 2 aromatic rings. The summed E-state index contributed by atoms with van der Waals surface area (Å²) < 4.78 is 0. The second-order valence-corrected chi connectivity index (χ2v) is 7.28. The molecule has 4 nitrogen and oxygen atoms in total. The summed E-state index contributed by atoms with van der Waals surface area (Å²) in [6.45, 7) is 2.46. The van der Waals surface area contributed by atoms with Crippen LogP contribution in [-0.2, 0) is 4.79 Å². The Morgan fingerprint density at radius 3 is 2.76 bits per heavy atom. The summed E-state index contributed by atoms with van der Waals surface area (Å²) in [6, 6.07) is 15.8. The molecule has 1 saturated heterocycles. The first-order valence-corrected chi connectivity index (χ1v) is 9.29. The van der Waals surface area contributed by atoms with Crippen LogP contribution in [0.15, 0.2) is 59.2 Å². The smallest absolute Gasteiger partial charge is 0.280 e. The summed E-state index contributed by atoms with van der Waals surface area (Å²) in [5.74, 6) is 0.676. The molecule has 25 heavy (non-hydrogen) atoms. The topological polar surface area (TPSA) is 35.9 Å². The van der Waals surface area contributed by atoms with Gasteiger partial charge in [-0.15, -0.1) is 0 Å². The van der Waals surface area contributed by atoms with Gasteiger partial charge >= 0.3 is 0 Å². The van der Waals surface area contributed by atoms with Crippen molar-refractivity contribution in [2.45, 2.75) is 6.92 Å². The third-order valence-corrected chi connectivity index (χ3v) is 5.61. The first kappa shape index (κ1) is 16.2. The Balaban J connectivity index is 1.57. The van der Waals surface area contributed by atoms with Gasteiger partial charge in [0.25, 0.3) is 5.91 Å². The number of aryl methyl sites for hydroxylation is 1. The van der Waals surface area contributed by atoms with E-state index in [4.69, 9.17) is 11.6 Å². The molecule has 4 rings (SSSR count). The van der Waals surface area contributed by atoms with Gasteiger partial charge in [0.15, 0.2) is 5.17 Å². The quantitative estimate of drug-likeness (QED) is 0.738. The average molecular weight is 370 g/mol. The Morgan fingerprint density at radius 2 is 2.00 bits per heavy atom. The Kier molecular flexibility index (Phi) is 4.27. The number of amidine groups is 1. The lowest BCUT2D eigenvalue weighted by Crippen LogP contribution is -2.46. The van der Waals surface area contributed by atoms with Gasteiger partial charge in [-0.1, -0.05) is 59.8 Å². The van der Waals surface area contributed by atoms with Crippen molar-refractivity contribution in [3.63, 3.8) is 0 Å². The van der Waals surface area contributed by atoms with Gasteiger partial charge in [0.05, 0.1) is 5.88 Å². The molecular weight excluding hydrogens is 354 g/mol. The zero-order chi connectivity index (χ0) is 17.4. The lowest BCUT2D eigenvalue weighted by molar-refractivity contribution is -0.122. The van der Waals surface area contributed by atoms with Crippen LogP contribution in [0.4, 0.5) is 5.69 Å². The van der Waals surface area contributed by atoms with Gasteiger partial charge in [-0.2, -0.15) is 0 Å². The van der Waals surface area contributed by atoms with E-state index in [9.17, 15) is 4.79 Å². The van der Waals surface area contributed by atoms with Crippen LogP contribution >= 0.6 is 23.4 Å². The monoisotopic (exact) mass is 369 g/mol. The van der Waals surface area contributed by atoms with Crippen LogP contribution in [0, 0.1) is 6.92 Å². The number of carbonyl (C=O) groups excluding carboxylic acids is 1. The van der Waals surface area contributed by atoms with Crippen molar-refractivity contribution < 1.29 is 4.79 Å². The Hall–Kier alpha value is -2.24. The fraction of sp³-hybridized carbons (Fsp3) is 0.158. The molecule has 2 aliphatic rings. The maximum Gasteiger partial charge on any atom is 0.280 e. The fourth-order valence-corrected chi connectivity index (χ4v) is 3.89. The van der Waals surface area contributed by atoms with E-state index in [2.05, 4.69) is 9.89 Å². The molecule has 0 spiro atoms. The minimum atomic E-state index is -0.0609. The first-order valence-electron chi connectivity index (χ1n) is 7.93. The molecule has 2 aliphatic heterocycles. The maximum absolute atomic E-state index is 12.7. The highest BCUT2D eigenvalue weighted by Gasteiger charge is 2.35. The van der Waals surface area contributed by atoms with Gasteiger partial charge < -0.3 is 4.90 Å². The molecule has 0 N–H and O–H groups in total. The number of halogens is 1. The second kappa shape index (κ2) is 6.58.